The Balaban J connectivity index is 2.07. The predicted octanol–water partition coefficient (Wildman–Crippen LogP) is 3.25. The number of anilines is 1. The van der Waals surface area contributed by atoms with Crippen LogP contribution in [0.4, 0.5) is 5.69 Å². The molecular weight excluding hydrogens is 524 g/mol. The monoisotopic (exact) mass is 546 g/mol. The van der Waals surface area contributed by atoms with Crippen LogP contribution < -0.4 is 14.4 Å². The SMILES string of the molecule is CCS(=O)(=O)N(c1cccc(-c2sc(C(=O)O)c(OCC(=O)O)c2Br)c1)C1CCNCC1. The zero-order chi connectivity index (χ0) is 23.5. The number of piperidine rings is 1. The molecular formula is C20H23BrN2O7S2. The van der Waals surface area contributed by atoms with Crippen LogP contribution in [0.15, 0.2) is 28.7 Å². The van der Waals surface area contributed by atoms with E-state index in [9.17, 15) is 23.1 Å². The Kier molecular flexibility index (Phi) is 7.80. The summed E-state index contributed by atoms with van der Waals surface area (Å²) in [4.78, 5) is 22.9. The molecule has 3 N–H and O–H groups in total. The Bertz CT molecular complexity index is 1110. The summed E-state index contributed by atoms with van der Waals surface area (Å²) in [6.07, 6.45) is 1.37. The molecule has 1 aromatic heterocycles. The van der Waals surface area contributed by atoms with Crippen LogP contribution >= 0.6 is 27.3 Å². The van der Waals surface area contributed by atoms with Gasteiger partial charge in [0.1, 0.15) is 0 Å². The number of sulfonamides is 1. The van der Waals surface area contributed by atoms with Crippen molar-refractivity contribution in [2.75, 3.05) is 29.8 Å². The first-order valence-corrected chi connectivity index (χ1v) is 13.1. The topological polar surface area (TPSA) is 133 Å². The summed E-state index contributed by atoms with van der Waals surface area (Å²) in [6, 6.07) is 6.71. The second-order valence-electron chi connectivity index (χ2n) is 7.12. The maximum atomic E-state index is 13.0. The molecule has 32 heavy (non-hydrogen) atoms. The number of aromatic carboxylic acids is 1. The number of thiophene rings is 1. The van der Waals surface area contributed by atoms with Gasteiger partial charge in [-0.15, -0.1) is 11.3 Å². The summed E-state index contributed by atoms with van der Waals surface area (Å²) in [6.45, 7) is 2.37. The number of hydrogen-bond acceptors (Lipinski definition) is 7. The van der Waals surface area contributed by atoms with E-state index in [4.69, 9.17) is 9.84 Å². The molecule has 1 aliphatic heterocycles. The van der Waals surface area contributed by atoms with Crippen molar-refractivity contribution >= 4 is 54.9 Å². The third-order valence-electron chi connectivity index (χ3n) is 5.01. The fourth-order valence-corrected chi connectivity index (χ4v) is 6.81. The number of rotatable bonds is 9. The van der Waals surface area contributed by atoms with Crippen LogP contribution in [0.25, 0.3) is 10.4 Å². The fraction of sp³-hybridized carbons (Fsp3) is 0.400. The molecule has 0 radical (unpaired) electrons. The van der Waals surface area contributed by atoms with Gasteiger partial charge in [-0.05, 0) is 66.5 Å². The Labute approximate surface area is 198 Å². The molecule has 9 nitrogen and oxygen atoms in total. The highest BCUT2D eigenvalue weighted by atomic mass is 79.9. The van der Waals surface area contributed by atoms with Crippen LogP contribution in [0.1, 0.15) is 29.4 Å². The lowest BCUT2D eigenvalue weighted by molar-refractivity contribution is -0.139. The van der Waals surface area contributed by atoms with Gasteiger partial charge in [0, 0.05) is 6.04 Å². The average molecular weight is 547 g/mol. The first-order valence-electron chi connectivity index (χ1n) is 9.89. The van der Waals surface area contributed by atoms with Gasteiger partial charge in [0.05, 0.1) is 20.8 Å². The van der Waals surface area contributed by atoms with Crippen molar-refractivity contribution in [1.29, 1.82) is 0 Å². The largest absolute Gasteiger partial charge is 0.479 e. The molecule has 0 bridgehead atoms. The van der Waals surface area contributed by atoms with Crippen molar-refractivity contribution in [2.24, 2.45) is 0 Å². The van der Waals surface area contributed by atoms with E-state index < -0.39 is 28.6 Å². The summed E-state index contributed by atoms with van der Waals surface area (Å²) in [5.41, 5.74) is 1.10. The van der Waals surface area contributed by atoms with Gasteiger partial charge in [0.25, 0.3) is 0 Å². The lowest BCUT2D eigenvalue weighted by Crippen LogP contribution is -2.46. The minimum atomic E-state index is -3.54. The van der Waals surface area contributed by atoms with E-state index in [1.165, 1.54) is 4.31 Å². The molecule has 0 aliphatic carbocycles. The number of benzene rings is 1. The van der Waals surface area contributed by atoms with Crippen LogP contribution in [0.5, 0.6) is 5.75 Å². The van der Waals surface area contributed by atoms with E-state index in [0.717, 1.165) is 24.4 Å². The van der Waals surface area contributed by atoms with Gasteiger partial charge >= 0.3 is 11.9 Å². The Morgan fingerprint density at radius 2 is 1.97 bits per heavy atom. The summed E-state index contributed by atoms with van der Waals surface area (Å²) in [5, 5.41) is 21.7. The lowest BCUT2D eigenvalue weighted by atomic mass is 10.1. The van der Waals surface area contributed by atoms with Gasteiger partial charge in [-0.1, -0.05) is 12.1 Å². The van der Waals surface area contributed by atoms with Crippen molar-refractivity contribution < 1.29 is 33.0 Å². The molecule has 3 rings (SSSR count). The smallest absolute Gasteiger partial charge is 0.349 e. The summed E-state index contributed by atoms with van der Waals surface area (Å²) < 4.78 is 32.9. The summed E-state index contributed by atoms with van der Waals surface area (Å²) in [5.74, 6) is -2.59. The summed E-state index contributed by atoms with van der Waals surface area (Å²) >= 11 is 4.26. The van der Waals surface area contributed by atoms with Crippen molar-refractivity contribution in [3.8, 4) is 16.2 Å². The van der Waals surface area contributed by atoms with E-state index in [1.807, 2.05) is 0 Å². The number of carboxylic acid groups (broad SMARTS) is 2. The van der Waals surface area contributed by atoms with Gasteiger partial charge in [-0.3, -0.25) is 4.31 Å². The third kappa shape index (κ3) is 5.25. The van der Waals surface area contributed by atoms with E-state index in [1.54, 1.807) is 31.2 Å². The minimum Gasteiger partial charge on any atom is -0.479 e. The second kappa shape index (κ2) is 10.2. The van der Waals surface area contributed by atoms with Gasteiger partial charge < -0.3 is 20.3 Å². The van der Waals surface area contributed by atoms with Crippen molar-refractivity contribution in [1.82, 2.24) is 5.32 Å². The maximum absolute atomic E-state index is 13.0. The highest BCUT2D eigenvalue weighted by Gasteiger charge is 2.31. The highest BCUT2D eigenvalue weighted by molar-refractivity contribution is 9.10. The van der Waals surface area contributed by atoms with E-state index in [0.29, 0.717) is 33.4 Å². The molecule has 1 fully saturated rings. The number of hydrogen-bond donors (Lipinski definition) is 3. The van der Waals surface area contributed by atoms with Crippen LogP contribution in [0.2, 0.25) is 0 Å². The molecule has 12 heteroatoms. The zero-order valence-electron chi connectivity index (χ0n) is 17.2. The van der Waals surface area contributed by atoms with Gasteiger partial charge in [-0.25, -0.2) is 18.0 Å². The highest BCUT2D eigenvalue weighted by Crippen LogP contribution is 2.46. The molecule has 0 saturated carbocycles. The molecule has 0 atom stereocenters. The molecule has 0 unspecified atom stereocenters. The predicted molar refractivity (Wildman–Crippen MR) is 125 cm³/mol. The summed E-state index contributed by atoms with van der Waals surface area (Å²) in [7, 11) is -3.54. The number of halogens is 1. The standard InChI is InChI=1S/C20H23BrN2O7S2/c1-2-32(28,29)23(13-6-8-22-9-7-13)14-5-3-4-12(10-14)18-16(21)17(30-11-15(24)25)19(31-18)20(26)27/h3-5,10,13,22H,2,6-9,11H2,1H3,(H,24,25)(H,26,27). The van der Waals surface area contributed by atoms with Crippen molar-refractivity contribution in [2.45, 2.75) is 25.8 Å². The number of aliphatic carboxylic acids is 1. The van der Waals surface area contributed by atoms with Gasteiger partial charge in [0.2, 0.25) is 10.0 Å². The van der Waals surface area contributed by atoms with E-state index >= 15 is 0 Å². The second-order valence-corrected chi connectivity index (χ2v) is 11.1. The quantitative estimate of drug-likeness (QED) is 0.436. The molecule has 2 aromatic rings. The molecule has 1 aliphatic rings. The normalized spacial score (nSPS) is 14.8. The molecule has 1 aromatic carbocycles. The Morgan fingerprint density at radius 3 is 2.56 bits per heavy atom. The molecule has 174 valence electrons. The third-order valence-corrected chi connectivity index (χ3v) is 9.08. The van der Waals surface area contributed by atoms with Crippen molar-refractivity contribution in [3.05, 3.63) is 33.6 Å². The first-order chi connectivity index (χ1) is 15.2. The number of carboxylic acids is 2. The lowest BCUT2D eigenvalue weighted by Gasteiger charge is -2.35. The number of ether oxygens (including phenoxy) is 1. The Hall–Kier alpha value is -2.15. The van der Waals surface area contributed by atoms with E-state index in [2.05, 4.69) is 21.2 Å². The Morgan fingerprint density at radius 1 is 1.28 bits per heavy atom. The van der Waals surface area contributed by atoms with Crippen LogP contribution in [-0.4, -0.2) is 62.1 Å². The van der Waals surface area contributed by atoms with Gasteiger partial charge in [-0.2, -0.15) is 0 Å². The van der Waals surface area contributed by atoms with Crippen molar-refractivity contribution in [3.63, 3.8) is 0 Å². The zero-order valence-corrected chi connectivity index (χ0v) is 20.4. The molecule has 0 amide bonds. The average Bonchev–Trinajstić information content (AvgIpc) is 3.09. The molecule has 0 spiro atoms. The molecule has 1 saturated heterocycles. The number of carbonyl (C=O) groups is 2. The first kappa shape index (κ1) is 24.5. The maximum Gasteiger partial charge on any atom is 0.349 e. The number of nitrogens with one attached hydrogen (secondary N) is 1. The van der Waals surface area contributed by atoms with E-state index in [-0.39, 0.29) is 22.4 Å². The van der Waals surface area contributed by atoms with Crippen LogP contribution in [-0.2, 0) is 14.8 Å². The molecule has 2 heterocycles. The number of nitrogens with zero attached hydrogens (tertiary/aromatic N) is 1. The van der Waals surface area contributed by atoms with Crippen LogP contribution in [0.3, 0.4) is 0 Å². The van der Waals surface area contributed by atoms with Gasteiger partial charge in [0.15, 0.2) is 17.2 Å². The minimum absolute atomic E-state index is 0.0415. The fourth-order valence-electron chi connectivity index (χ4n) is 3.55. The van der Waals surface area contributed by atoms with Crippen LogP contribution in [0, 0.1) is 0 Å².